The lowest BCUT2D eigenvalue weighted by molar-refractivity contribution is 0.913. The Hall–Kier alpha value is -0.260. The van der Waals surface area contributed by atoms with E-state index in [1.165, 1.54) is 0 Å². The number of aryl methyl sites for hydroxylation is 2. The monoisotopic (exact) mass is 650 g/mol. The first-order valence-corrected chi connectivity index (χ1v) is 9.06. The fraction of sp³-hybridized carbons (Fsp3) is 0.143. The summed E-state index contributed by atoms with van der Waals surface area (Å²) in [7, 11) is 0. The van der Waals surface area contributed by atoms with E-state index in [0.717, 1.165) is 31.9 Å². The van der Waals surface area contributed by atoms with Crippen LogP contribution in [0, 0.1) is 13.8 Å². The quantitative estimate of drug-likeness (QED) is 0.231. The highest BCUT2D eigenvalue weighted by molar-refractivity contribution is 9.10. The highest BCUT2D eigenvalue weighted by Gasteiger charge is 2.06. The molecule has 0 fully saturated rings. The van der Waals surface area contributed by atoms with Gasteiger partial charge in [-0.05, 0) is 70.0 Å². The van der Waals surface area contributed by atoms with E-state index in [9.17, 15) is 0 Å². The van der Waals surface area contributed by atoms with Crippen LogP contribution in [0.4, 0.5) is 0 Å². The summed E-state index contributed by atoms with van der Waals surface area (Å²) in [6.45, 7) is 3.82. The second kappa shape index (κ2) is 9.79. The second-order valence-electron chi connectivity index (χ2n) is 4.83. The van der Waals surface area contributed by atoms with Gasteiger partial charge < -0.3 is 0 Å². The van der Waals surface area contributed by atoms with E-state index < -0.39 is 0 Å². The lowest BCUT2D eigenvalue weighted by Crippen LogP contribution is -1.90. The van der Waals surface area contributed by atoms with Gasteiger partial charge in [0.25, 0.3) is 0 Å². The molecule has 0 spiro atoms. The molecule has 4 rings (SSSR count). The van der Waals surface area contributed by atoms with Crippen molar-refractivity contribution in [2.75, 3.05) is 0 Å². The van der Waals surface area contributed by atoms with Crippen molar-refractivity contribution in [3.8, 4) is 0 Å². The normalized spacial score (nSPS) is 10.1. The predicted octanol–water partition coefficient (Wildman–Crippen LogP) is 6.06. The van der Waals surface area contributed by atoms with Gasteiger partial charge in [0.05, 0.1) is 11.4 Å². The Morgan fingerprint density at radius 1 is 0.731 bits per heavy atom. The number of imidazole rings is 2. The van der Waals surface area contributed by atoms with Gasteiger partial charge in [-0.25, -0.2) is 19.0 Å². The zero-order valence-electron chi connectivity index (χ0n) is 13.3. The number of fused-ring (bicyclic) bond motifs is 2. The summed E-state index contributed by atoms with van der Waals surface area (Å²) in [5.74, 6) is 0. The summed E-state index contributed by atoms with van der Waals surface area (Å²) in [6, 6.07) is 7.09. The molecule has 0 saturated carbocycles. The van der Waals surface area contributed by atoms with E-state index in [0.29, 0.717) is 10.3 Å². The zero-order valence-corrected chi connectivity index (χ0v) is 21.4. The molecule has 4 aromatic rings. The third kappa shape index (κ3) is 4.96. The van der Waals surface area contributed by atoms with Crippen molar-refractivity contribution >= 4 is 100 Å². The largest absolute Gasteiger partial charge is 0.231 e. The van der Waals surface area contributed by atoms with Gasteiger partial charge in [0.1, 0.15) is 19.5 Å². The van der Waals surface area contributed by atoms with Gasteiger partial charge in [-0.2, -0.15) is 10.2 Å². The molecule has 26 heavy (non-hydrogen) atoms. The highest BCUT2D eigenvalue weighted by Crippen LogP contribution is 2.18. The number of hydrogen-bond acceptors (Lipinski definition) is 4. The maximum Gasteiger partial charge on any atom is 0.155 e. The first-order valence-electron chi connectivity index (χ1n) is 6.71. The minimum atomic E-state index is 0. The average Bonchev–Trinajstić information content (AvgIpc) is 2.99. The summed E-state index contributed by atoms with van der Waals surface area (Å²) in [4.78, 5) is 8.50. The smallest absolute Gasteiger partial charge is 0.155 e. The van der Waals surface area contributed by atoms with E-state index >= 15 is 0 Å². The van der Waals surface area contributed by atoms with Gasteiger partial charge in [0.2, 0.25) is 0 Å². The molecular formula is C14H12Br4Cl2N6. The third-order valence-electron chi connectivity index (χ3n) is 3.10. The average molecular weight is 655 g/mol. The zero-order chi connectivity index (χ0) is 17.4. The molecule has 0 aromatic carbocycles. The summed E-state index contributed by atoms with van der Waals surface area (Å²) >= 11 is 18.2. The van der Waals surface area contributed by atoms with Gasteiger partial charge >= 0.3 is 0 Å². The Morgan fingerprint density at radius 3 is 1.42 bits per heavy atom. The molecule has 0 atom stereocenters. The number of hydrogen-bond donors (Lipinski definition) is 0. The molecule has 4 heterocycles. The summed E-state index contributed by atoms with van der Waals surface area (Å²) < 4.78 is 5.02. The van der Waals surface area contributed by atoms with Gasteiger partial charge in [0.15, 0.2) is 11.3 Å². The Morgan fingerprint density at radius 2 is 1.08 bits per heavy atom. The van der Waals surface area contributed by atoms with Gasteiger partial charge in [0, 0.05) is 0 Å². The van der Waals surface area contributed by atoms with Gasteiger partial charge in [-0.1, -0.05) is 23.2 Å². The van der Waals surface area contributed by atoms with Crippen molar-refractivity contribution in [2.24, 2.45) is 0 Å². The van der Waals surface area contributed by atoms with Crippen LogP contribution in [0.3, 0.4) is 0 Å². The van der Waals surface area contributed by atoms with Crippen molar-refractivity contribution in [1.29, 1.82) is 0 Å². The highest BCUT2D eigenvalue weighted by atomic mass is 79.9. The first-order chi connectivity index (χ1) is 11.4. The molecule has 0 aliphatic heterocycles. The summed E-state index contributed by atoms with van der Waals surface area (Å²) in [6.07, 6.45) is 0. The van der Waals surface area contributed by atoms with Crippen molar-refractivity contribution < 1.29 is 0 Å². The van der Waals surface area contributed by atoms with Crippen LogP contribution < -0.4 is 0 Å². The maximum atomic E-state index is 5.72. The topological polar surface area (TPSA) is 60.4 Å². The van der Waals surface area contributed by atoms with E-state index in [1.807, 2.05) is 26.0 Å². The number of aromatic nitrogens is 6. The molecular weight excluding hydrogens is 643 g/mol. The number of rotatable bonds is 0. The Labute approximate surface area is 197 Å². The van der Waals surface area contributed by atoms with Crippen LogP contribution in [0.2, 0.25) is 10.3 Å². The second-order valence-corrected chi connectivity index (χ2v) is 7.10. The van der Waals surface area contributed by atoms with Gasteiger partial charge in [-0.3, -0.25) is 0 Å². The molecule has 0 aliphatic rings. The molecule has 12 heteroatoms. The van der Waals surface area contributed by atoms with Crippen LogP contribution in [0.15, 0.2) is 33.5 Å². The van der Waals surface area contributed by atoms with E-state index in [-0.39, 0.29) is 34.0 Å². The molecule has 0 unspecified atom stereocenters. The lowest BCUT2D eigenvalue weighted by atomic mass is 10.6. The Kier molecular flexibility index (Phi) is 8.95. The molecule has 0 radical (unpaired) electrons. The predicted molar refractivity (Wildman–Crippen MR) is 122 cm³/mol. The minimum absolute atomic E-state index is 0. The fourth-order valence-electron chi connectivity index (χ4n) is 1.99. The molecule has 140 valence electrons. The molecule has 0 aliphatic carbocycles. The lowest BCUT2D eigenvalue weighted by Gasteiger charge is -1.93. The number of halogens is 6. The van der Waals surface area contributed by atoms with Gasteiger partial charge in [-0.15, -0.1) is 34.0 Å². The van der Waals surface area contributed by atoms with Crippen LogP contribution in [0.25, 0.3) is 11.3 Å². The molecule has 6 nitrogen and oxygen atoms in total. The van der Waals surface area contributed by atoms with E-state index in [4.69, 9.17) is 23.2 Å². The van der Waals surface area contributed by atoms with Crippen LogP contribution in [-0.4, -0.2) is 29.2 Å². The summed E-state index contributed by atoms with van der Waals surface area (Å²) in [5.41, 5.74) is 3.40. The van der Waals surface area contributed by atoms with Crippen LogP contribution in [-0.2, 0) is 0 Å². The fourth-order valence-corrected chi connectivity index (χ4v) is 2.97. The molecule has 0 bridgehead atoms. The van der Waals surface area contributed by atoms with E-state index in [2.05, 4.69) is 52.0 Å². The molecule has 0 saturated heterocycles. The maximum absolute atomic E-state index is 5.72. The Bertz CT molecular complexity index is 965. The minimum Gasteiger partial charge on any atom is -0.231 e. The summed E-state index contributed by atoms with van der Waals surface area (Å²) in [5, 5.41) is 9.06. The Balaban J connectivity index is 0.000000241. The first kappa shape index (κ1) is 23.8. The third-order valence-corrected chi connectivity index (χ3v) is 5.32. The SMILES string of the molecule is Br.Br.Cc1nc2ccc(Cl)nn2c1Br.Cc1nc2ccc(Cl)nn2c1Br. The van der Waals surface area contributed by atoms with Crippen LogP contribution in [0.1, 0.15) is 11.4 Å². The number of nitrogens with zero attached hydrogens (tertiary/aromatic N) is 6. The van der Waals surface area contributed by atoms with Crippen molar-refractivity contribution in [3.05, 3.63) is 55.2 Å². The van der Waals surface area contributed by atoms with Crippen molar-refractivity contribution in [1.82, 2.24) is 29.2 Å². The molecule has 0 amide bonds. The van der Waals surface area contributed by atoms with Crippen molar-refractivity contribution in [3.63, 3.8) is 0 Å². The molecule has 4 aromatic heterocycles. The van der Waals surface area contributed by atoms with Crippen molar-refractivity contribution in [2.45, 2.75) is 13.8 Å². The van der Waals surface area contributed by atoms with E-state index in [1.54, 1.807) is 21.2 Å². The van der Waals surface area contributed by atoms with Crippen LogP contribution >= 0.6 is 89.0 Å². The van der Waals surface area contributed by atoms with Crippen LogP contribution in [0.5, 0.6) is 0 Å². The standard InChI is InChI=1S/2C7H5BrClN3.2BrH/c2*1-4-7(8)12-6(10-4)3-2-5(9)11-12;;/h2*2-3H,1H3;2*1H. The molecule has 0 N–H and O–H groups in total.